The van der Waals surface area contributed by atoms with Gasteiger partial charge in [-0.25, -0.2) is 12.7 Å². The molecule has 0 radical (unpaired) electrons. The molecule has 0 bridgehead atoms. The molecular formula is C15H21ClN2O4S. The number of sulfonamides is 1. The summed E-state index contributed by atoms with van der Waals surface area (Å²) in [6.07, 6.45) is 2.93. The lowest BCUT2D eigenvalue weighted by atomic mass is 10.00. The molecule has 2 rings (SSSR count). The molecule has 1 amide bonds. The van der Waals surface area contributed by atoms with Gasteiger partial charge in [0.15, 0.2) is 6.61 Å². The number of hydrogen-bond acceptors (Lipinski definition) is 4. The standard InChI is InChI=1S/C15H21ClN2O4S/c1-23(20,21)18-7-3-4-12(10-18)9-17-15(19)11-22-14-6-2-5-13(16)8-14/h2,5-6,8,12H,3-4,7,9-11H2,1H3,(H,17,19). The number of carbonyl (C=O) groups is 1. The Hall–Kier alpha value is -1.31. The van der Waals surface area contributed by atoms with E-state index in [0.717, 1.165) is 12.8 Å². The number of piperidine rings is 1. The van der Waals surface area contributed by atoms with Crippen LogP contribution in [0.2, 0.25) is 5.02 Å². The summed E-state index contributed by atoms with van der Waals surface area (Å²) < 4.78 is 30.0. The van der Waals surface area contributed by atoms with Gasteiger partial charge in [-0.05, 0) is 37.0 Å². The van der Waals surface area contributed by atoms with Gasteiger partial charge >= 0.3 is 0 Å². The van der Waals surface area contributed by atoms with Crippen molar-refractivity contribution in [2.45, 2.75) is 12.8 Å². The fraction of sp³-hybridized carbons (Fsp3) is 0.533. The zero-order valence-corrected chi connectivity index (χ0v) is 14.6. The zero-order chi connectivity index (χ0) is 16.9. The van der Waals surface area contributed by atoms with Crippen molar-refractivity contribution in [1.82, 2.24) is 9.62 Å². The van der Waals surface area contributed by atoms with Gasteiger partial charge in [0.1, 0.15) is 5.75 Å². The van der Waals surface area contributed by atoms with Gasteiger partial charge in [0.25, 0.3) is 5.91 Å². The summed E-state index contributed by atoms with van der Waals surface area (Å²) in [4.78, 5) is 11.8. The van der Waals surface area contributed by atoms with E-state index in [9.17, 15) is 13.2 Å². The molecule has 1 heterocycles. The maximum absolute atomic E-state index is 11.8. The van der Waals surface area contributed by atoms with Crippen molar-refractivity contribution in [3.8, 4) is 5.75 Å². The summed E-state index contributed by atoms with van der Waals surface area (Å²) in [7, 11) is -3.16. The van der Waals surface area contributed by atoms with Crippen LogP contribution in [0, 0.1) is 5.92 Å². The fourth-order valence-corrected chi connectivity index (χ4v) is 3.63. The van der Waals surface area contributed by atoms with Crippen molar-refractivity contribution in [3.05, 3.63) is 29.3 Å². The molecule has 1 N–H and O–H groups in total. The molecule has 0 aliphatic carbocycles. The first kappa shape index (κ1) is 18.0. The smallest absolute Gasteiger partial charge is 0.257 e. The number of benzene rings is 1. The first-order valence-corrected chi connectivity index (χ1v) is 9.67. The van der Waals surface area contributed by atoms with E-state index in [2.05, 4.69) is 5.32 Å². The Morgan fingerprint density at radius 3 is 2.96 bits per heavy atom. The quantitative estimate of drug-likeness (QED) is 0.834. The van der Waals surface area contributed by atoms with Crippen LogP contribution >= 0.6 is 11.6 Å². The third kappa shape index (κ3) is 6.01. The first-order chi connectivity index (χ1) is 10.8. The Bertz CT molecular complexity index is 651. The van der Waals surface area contributed by atoms with E-state index in [-0.39, 0.29) is 18.4 Å². The molecule has 1 aromatic carbocycles. The Balaban J connectivity index is 1.74. The molecule has 128 valence electrons. The summed E-state index contributed by atoms with van der Waals surface area (Å²) >= 11 is 5.84. The van der Waals surface area contributed by atoms with E-state index in [0.29, 0.717) is 30.4 Å². The molecule has 1 saturated heterocycles. The minimum atomic E-state index is -3.16. The third-order valence-electron chi connectivity index (χ3n) is 3.70. The molecule has 1 atom stereocenters. The number of carbonyl (C=O) groups excluding carboxylic acids is 1. The number of halogens is 1. The second-order valence-corrected chi connectivity index (χ2v) is 8.10. The van der Waals surface area contributed by atoms with Crippen molar-refractivity contribution in [2.75, 3.05) is 32.5 Å². The molecule has 6 nitrogen and oxygen atoms in total. The molecule has 8 heteroatoms. The van der Waals surface area contributed by atoms with Crippen molar-refractivity contribution in [1.29, 1.82) is 0 Å². The topological polar surface area (TPSA) is 75.7 Å². The highest BCUT2D eigenvalue weighted by molar-refractivity contribution is 7.88. The molecule has 1 aliphatic rings. The van der Waals surface area contributed by atoms with Crippen molar-refractivity contribution < 1.29 is 17.9 Å². The molecule has 23 heavy (non-hydrogen) atoms. The maximum atomic E-state index is 11.8. The van der Waals surface area contributed by atoms with E-state index in [1.165, 1.54) is 10.6 Å². The number of amides is 1. The molecule has 1 unspecified atom stereocenters. The summed E-state index contributed by atoms with van der Waals surface area (Å²) in [5.41, 5.74) is 0. The van der Waals surface area contributed by atoms with Gasteiger partial charge in [-0.3, -0.25) is 4.79 Å². The van der Waals surface area contributed by atoms with Crippen LogP contribution in [-0.4, -0.2) is 51.1 Å². The van der Waals surface area contributed by atoms with E-state index < -0.39 is 10.0 Å². The summed E-state index contributed by atoms with van der Waals surface area (Å²) in [5.74, 6) is 0.434. The number of ether oxygens (including phenoxy) is 1. The van der Waals surface area contributed by atoms with Crippen LogP contribution in [-0.2, 0) is 14.8 Å². The van der Waals surface area contributed by atoms with Crippen LogP contribution in [0.1, 0.15) is 12.8 Å². The summed E-state index contributed by atoms with van der Waals surface area (Å²) in [5, 5.41) is 3.34. The summed E-state index contributed by atoms with van der Waals surface area (Å²) in [6, 6.07) is 6.84. The highest BCUT2D eigenvalue weighted by Gasteiger charge is 2.25. The molecule has 0 spiro atoms. The van der Waals surface area contributed by atoms with E-state index in [1.807, 2.05) is 0 Å². The van der Waals surface area contributed by atoms with Crippen LogP contribution in [0.5, 0.6) is 5.75 Å². The highest BCUT2D eigenvalue weighted by atomic mass is 35.5. The van der Waals surface area contributed by atoms with E-state index in [1.54, 1.807) is 24.3 Å². The molecule has 1 fully saturated rings. The zero-order valence-electron chi connectivity index (χ0n) is 13.0. The first-order valence-electron chi connectivity index (χ1n) is 7.45. The Morgan fingerprint density at radius 2 is 2.26 bits per heavy atom. The second-order valence-electron chi connectivity index (χ2n) is 5.68. The van der Waals surface area contributed by atoms with Crippen LogP contribution in [0.3, 0.4) is 0 Å². The number of hydrogen-bond donors (Lipinski definition) is 1. The fourth-order valence-electron chi connectivity index (χ4n) is 2.51. The molecular weight excluding hydrogens is 340 g/mol. The lowest BCUT2D eigenvalue weighted by molar-refractivity contribution is -0.123. The van der Waals surface area contributed by atoms with E-state index in [4.69, 9.17) is 16.3 Å². The summed E-state index contributed by atoms with van der Waals surface area (Å²) in [6.45, 7) is 1.36. The normalized spacial score (nSPS) is 19.3. The largest absolute Gasteiger partial charge is 0.484 e. The number of nitrogens with zero attached hydrogens (tertiary/aromatic N) is 1. The predicted molar refractivity (Wildman–Crippen MR) is 89.1 cm³/mol. The maximum Gasteiger partial charge on any atom is 0.257 e. The second kappa shape index (κ2) is 7.99. The minimum absolute atomic E-state index is 0.0944. The van der Waals surface area contributed by atoms with Gasteiger partial charge in [0.2, 0.25) is 10.0 Å². The third-order valence-corrected chi connectivity index (χ3v) is 5.21. The monoisotopic (exact) mass is 360 g/mol. The van der Waals surface area contributed by atoms with Crippen molar-refractivity contribution >= 4 is 27.5 Å². The van der Waals surface area contributed by atoms with E-state index >= 15 is 0 Å². The van der Waals surface area contributed by atoms with Gasteiger partial charge in [0.05, 0.1) is 6.26 Å². The molecule has 0 saturated carbocycles. The average molecular weight is 361 g/mol. The Kier molecular flexibility index (Phi) is 6.26. The molecule has 1 aliphatic heterocycles. The Morgan fingerprint density at radius 1 is 1.48 bits per heavy atom. The van der Waals surface area contributed by atoms with Gasteiger partial charge in [0, 0.05) is 24.7 Å². The van der Waals surface area contributed by atoms with Gasteiger partial charge < -0.3 is 10.1 Å². The average Bonchev–Trinajstić information content (AvgIpc) is 2.50. The van der Waals surface area contributed by atoms with Gasteiger partial charge in [-0.2, -0.15) is 0 Å². The number of rotatable bonds is 6. The lowest BCUT2D eigenvalue weighted by Crippen LogP contribution is -2.43. The van der Waals surface area contributed by atoms with Crippen LogP contribution < -0.4 is 10.1 Å². The van der Waals surface area contributed by atoms with Crippen molar-refractivity contribution in [3.63, 3.8) is 0 Å². The Labute approximate surface area is 141 Å². The minimum Gasteiger partial charge on any atom is -0.484 e. The predicted octanol–water partition coefficient (Wildman–Crippen LogP) is 1.51. The van der Waals surface area contributed by atoms with Crippen LogP contribution in [0.15, 0.2) is 24.3 Å². The van der Waals surface area contributed by atoms with Gasteiger partial charge in [-0.1, -0.05) is 17.7 Å². The lowest BCUT2D eigenvalue weighted by Gasteiger charge is -2.30. The van der Waals surface area contributed by atoms with Crippen LogP contribution in [0.4, 0.5) is 0 Å². The molecule has 0 aromatic heterocycles. The SMILES string of the molecule is CS(=O)(=O)N1CCCC(CNC(=O)COc2cccc(Cl)c2)C1. The van der Waals surface area contributed by atoms with Crippen LogP contribution in [0.25, 0.3) is 0 Å². The van der Waals surface area contributed by atoms with Gasteiger partial charge in [-0.15, -0.1) is 0 Å². The highest BCUT2D eigenvalue weighted by Crippen LogP contribution is 2.18. The molecule has 1 aromatic rings. The van der Waals surface area contributed by atoms with Crippen molar-refractivity contribution in [2.24, 2.45) is 5.92 Å². The number of nitrogens with one attached hydrogen (secondary N) is 1.